The third-order valence-corrected chi connectivity index (χ3v) is 10.4. The van der Waals surface area contributed by atoms with E-state index >= 15 is 0 Å². The number of hydrogen-bond donors (Lipinski definition) is 0. The van der Waals surface area contributed by atoms with E-state index in [0.29, 0.717) is 17.5 Å². The fourth-order valence-corrected chi connectivity index (χ4v) is 8.50. The number of halogens is 1. The van der Waals surface area contributed by atoms with E-state index in [1.807, 2.05) is 0 Å². The van der Waals surface area contributed by atoms with E-state index in [1.54, 1.807) is 30.3 Å². The summed E-state index contributed by atoms with van der Waals surface area (Å²) in [6.07, 6.45) is 0.933. The van der Waals surface area contributed by atoms with E-state index in [-0.39, 0.29) is 46.2 Å². The molecule has 0 radical (unpaired) electrons. The van der Waals surface area contributed by atoms with Crippen molar-refractivity contribution in [2.24, 2.45) is 5.92 Å². The molecule has 2 aliphatic rings. The number of rotatable bonds is 5. The molecule has 1 aliphatic heterocycles. The number of carbonyl (C=O) groups is 2. The summed E-state index contributed by atoms with van der Waals surface area (Å²) in [5, 5.41) is -1.13. The Labute approximate surface area is 186 Å². The van der Waals surface area contributed by atoms with Crippen LogP contribution >= 0.6 is 11.6 Å². The summed E-state index contributed by atoms with van der Waals surface area (Å²) in [5.41, 5.74) is 0.963. The predicted octanol–water partition coefficient (Wildman–Crippen LogP) is 3.21. The summed E-state index contributed by atoms with van der Waals surface area (Å²) in [6, 6.07) is 11.3. The van der Waals surface area contributed by atoms with Crippen LogP contribution in [0.15, 0.2) is 47.4 Å². The van der Waals surface area contributed by atoms with Gasteiger partial charge in [0.15, 0.2) is 25.5 Å². The van der Waals surface area contributed by atoms with Crippen LogP contribution < -0.4 is 0 Å². The lowest BCUT2D eigenvalue weighted by Gasteiger charge is -2.29. The largest absolute Gasteiger partial charge is 0.299 e. The summed E-state index contributed by atoms with van der Waals surface area (Å²) < 4.78 is 50.6. The van der Waals surface area contributed by atoms with Crippen molar-refractivity contribution < 1.29 is 26.4 Å². The molecule has 4 rings (SSSR count). The van der Waals surface area contributed by atoms with Crippen molar-refractivity contribution in [3.63, 3.8) is 0 Å². The van der Waals surface area contributed by atoms with Crippen LogP contribution in [0.25, 0.3) is 0 Å². The van der Waals surface area contributed by atoms with Gasteiger partial charge in [0.25, 0.3) is 0 Å². The summed E-state index contributed by atoms with van der Waals surface area (Å²) >= 11 is 6.39. The lowest BCUT2D eigenvalue weighted by Crippen LogP contribution is -2.43. The molecule has 2 aromatic carbocycles. The average Bonchev–Trinajstić information content (AvgIpc) is 3.03. The predicted molar refractivity (Wildman–Crippen MR) is 117 cm³/mol. The van der Waals surface area contributed by atoms with Crippen LogP contribution in [0.3, 0.4) is 0 Å². The monoisotopic (exact) mass is 480 g/mol. The van der Waals surface area contributed by atoms with Gasteiger partial charge < -0.3 is 0 Å². The maximum atomic E-state index is 13.4. The summed E-state index contributed by atoms with van der Waals surface area (Å²) in [7, 11) is -7.23. The molecule has 2 aromatic rings. The number of carbonyl (C=O) groups excluding carboxylic acids is 2. The molecule has 1 heterocycles. The fourth-order valence-electron chi connectivity index (χ4n) is 4.45. The molecule has 2 unspecified atom stereocenters. The Bertz CT molecular complexity index is 1270. The Morgan fingerprint density at radius 1 is 1.06 bits per heavy atom. The standard InChI is InChI=1S/C22H21ClO6S2/c23-21-15-11-12-30(26,27)18(15)10-9-16(21)22(25)20-17(24)7-4-8-19(20)31(28,29)13-14-5-2-1-3-6-14/h1-3,5-6,9-10,19-20H,4,7-8,11-13H2. The molecule has 1 fully saturated rings. The zero-order valence-electron chi connectivity index (χ0n) is 16.6. The molecule has 0 spiro atoms. The maximum absolute atomic E-state index is 13.4. The number of hydrogen-bond acceptors (Lipinski definition) is 6. The van der Waals surface area contributed by atoms with Gasteiger partial charge in [-0.05, 0) is 42.5 Å². The van der Waals surface area contributed by atoms with Crippen LogP contribution in [-0.4, -0.2) is 39.4 Å². The van der Waals surface area contributed by atoms with Gasteiger partial charge in [0.2, 0.25) is 0 Å². The van der Waals surface area contributed by atoms with Crippen LogP contribution in [0.4, 0.5) is 0 Å². The molecule has 0 saturated heterocycles. The number of Topliss-reactive ketones (excluding diaryl/α,β-unsaturated/α-hetero) is 2. The number of sulfone groups is 2. The zero-order valence-corrected chi connectivity index (χ0v) is 19.0. The zero-order chi connectivity index (χ0) is 22.4. The minimum atomic E-state index is -3.80. The molecule has 6 nitrogen and oxygen atoms in total. The Hall–Kier alpha value is -2.03. The van der Waals surface area contributed by atoms with E-state index < -0.39 is 42.4 Å². The number of benzene rings is 2. The third kappa shape index (κ3) is 4.08. The Kier molecular flexibility index (Phi) is 5.83. The first-order valence-electron chi connectivity index (χ1n) is 9.98. The first-order chi connectivity index (χ1) is 14.6. The van der Waals surface area contributed by atoms with Gasteiger partial charge in [-0.25, -0.2) is 16.8 Å². The van der Waals surface area contributed by atoms with Gasteiger partial charge in [0.1, 0.15) is 5.78 Å². The van der Waals surface area contributed by atoms with Gasteiger partial charge in [0, 0.05) is 12.0 Å². The molecule has 1 saturated carbocycles. The van der Waals surface area contributed by atoms with Gasteiger partial charge >= 0.3 is 0 Å². The minimum Gasteiger partial charge on any atom is -0.299 e. The van der Waals surface area contributed by atoms with Crippen molar-refractivity contribution in [1.82, 2.24) is 0 Å². The van der Waals surface area contributed by atoms with Crippen molar-refractivity contribution in [2.75, 3.05) is 5.75 Å². The second-order valence-corrected chi connectivity index (χ2v) is 12.7. The highest BCUT2D eigenvalue weighted by Crippen LogP contribution is 2.38. The van der Waals surface area contributed by atoms with Crippen LogP contribution in [0, 0.1) is 5.92 Å². The fraction of sp³-hybridized carbons (Fsp3) is 0.364. The molecule has 0 N–H and O–H groups in total. The van der Waals surface area contributed by atoms with Crippen LogP contribution in [0.2, 0.25) is 5.02 Å². The van der Waals surface area contributed by atoms with Gasteiger partial charge in [-0.15, -0.1) is 0 Å². The van der Waals surface area contributed by atoms with Crippen molar-refractivity contribution >= 4 is 42.8 Å². The van der Waals surface area contributed by atoms with Crippen molar-refractivity contribution in [2.45, 2.75) is 41.6 Å². The van der Waals surface area contributed by atoms with Crippen LogP contribution in [0.5, 0.6) is 0 Å². The Balaban J connectivity index is 1.71. The molecule has 2 atom stereocenters. The topological polar surface area (TPSA) is 102 Å². The molecular formula is C22H21ClO6S2. The maximum Gasteiger partial charge on any atom is 0.179 e. The summed E-state index contributed by atoms with van der Waals surface area (Å²) in [5.74, 6) is -2.75. The first kappa shape index (κ1) is 22.2. The first-order valence-corrected chi connectivity index (χ1v) is 13.7. The lowest BCUT2D eigenvalue weighted by atomic mass is 9.82. The Morgan fingerprint density at radius 2 is 1.77 bits per heavy atom. The number of fused-ring (bicyclic) bond motifs is 1. The molecule has 9 heteroatoms. The van der Waals surface area contributed by atoms with Gasteiger partial charge in [-0.2, -0.15) is 0 Å². The van der Waals surface area contributed by atoms with E-state index in [1.165, 1.54) is 12.1 Å². The highest BCUT2D eigenvalue weighted by atomic mass is 35.5. The van der Waals surface area contributed by atoms with Crippen molar-refractivity contribution in [3.8, 4) is 0 Å². The number of ketones is 2. The molecule has 31 heavy (non-hydrogen) atoms. The van der Waals surface area contributed by atoms with Gasteiger partial charge in [0.05, 0.1) is 32.6 Å². The second-order valence-electron chi connectivity index (χ2n) is 8.00. The van der Waals surface area contributed by atoms with E-state index in [4.69, 9.17) is 11.6 Å². The SMILES string of the molecule is O=C1CCCC(S(=O)(=O)Cc2ccccc2)C1C(=O)c1ccc2c(c1Cl)CCS2(=O)=O. The van der Waals surface area contributed by atoms with Crippen LogP contribution in [0.1, 0.15) is 40.7 Å². The summed E-state index contributed by atoms with van der Waals surface area (Å²) in [6.45, 7) is 0. The lowest BCUT2D eigenvalue weighted by molar-refractivity contribution is -0.122. The molecule has 0 amide bonds. The quantitative estimate of drug-likeness (QED) is 0.481. The van der Waals surface area contributed by atoms with Crippen LogP contribution in [-0.2, 0) is 36.6 Å². The Morgan fingerprint density at radius 3 is 2.48 bits per heavy atom. The van der Waals surface area contributed by atoms with E-state index in [2.05, 4.69) is 0 Å². The normalized spacial score (nSPS) is 22.8. The van der Waals surface area contributed by atoms with Gasteiger partial charge in [-0.1, -0.05) is 41.9 Å². The second kappa shape index (κ2) is 8.15. The van der Waals surface area contributed by atoms with E-state index in [0.717, 1.165) is 0 Å². The molecular weight excluding hydrogens is 460 g/mol. The van der Waals surface area contributed by atoms with Crippen molar-refractivity contribution in [3.05, 3.63) is 64.2 Å². The smallest absolute Gasteiger partial charge is 0.179 e. The minimum absolute atomic E-state index is 0.00107. The highest BCUT2D eigenvalue weighted by Gasteiger charge is 2.45. The molecule has 164 valence electrons. The third-order valence-electron chi connectivity index (χ3n) is 6.01. The van der Waals surface area contributed by atoms with E-state index in [9.17, 15) is 26.4 Å². The highest BCUT2D eigenvalue weighted by molar-refractivity contribution is 7.91. The van der Waals surface area contributed by atoms with Gasteiger partial charge in [-0.3, -0.25) is 9.59 Å². The average molecular weight is 481 g/mol. The van der Waals surface area contributed by atoms with Crippen molar-refractivity contribution in [1.29, 1.82) is 0 Å². The molecule has 0 bridgehead atoms. The molecule has 0 aromatic heterocycles. The summed E-state index contributed by atoms with van der Waals surface area (Å²) in [4.78, 5) is 26.2. The molecule has 1 aliphatic carbocycles.